The minimum absolute atomic E-state index is 0.0121. The standard InChI is InChI=1S/C16H24N2O3/c1-3-9-21-13-5-4-8-18(11-13)16(19)12-6-7-14(17)15(10-12)20-2/h6-7,10,13H,3-5,8-9,11,17H2,1-2H3. The Balaban J connectivity index is 2.05. The molecule has 2 rings (SSSR count). The SMILES string of the molecule is CCCOC1CCCN(C(=O)c2ccc(N)c(OC)c2)C1. The predicted octanol–water partition coefficient (Wildman–Crippen LogP) is 2.31. The molecule has 1 amide bonds. The van der Waals surface area contributed by atoms with Crippen molar-refractivity contribution in [3.8, 4) is 5.75 Å². The Morgan fingerprint density at radius 2 is 2.29 bits per heavy atom. The van der Waals surface area contributed by atoms with E-state index >= 15 is 0 Å². The van der Waals surface area contributed by atoms with Crippen molar-refractivity contribution in [2.45, 2.75) is 32.3 Å². The van der Waals surface area contributed by atoms with Gasteiger partial charge in [-0.2, -0.15) is 0 Å². The Kier molecular flexibility index (Phi) is 5.44. The topological polar surface area (TPSA) is 64.8 Å². The first-order valence-corrected chi connectivity index (χ1v) is 7.50. The maximum Gasteiger partial charge on any atom is 0.254 e. The molecule has 1 heterocycles. The van der Waals surface area contributed by atoms with E-state index in [0.717, 1.165) is 32.4 Å². The van der Waals surface area contributed by atoms with Gasteiger partial charge in [0.2, 0.25) is 0 Å². The molecule has 1 fully saturated rings. The Hall–Kier alpha value is -1.75. The Labute approximate surface area is 126 Å². The molecule has 0 bridgehead atoms. The lowest BCUT2D eigenvalue weighted by Gasteiger charge is -2.32. The van der Waals surface area contributed by atoms with E-state index < -0.39 is 0 Å². The summed E-state index contributed by atoms with van der Waals surface area (Å²) in [5.74, 6) is 0.551. The Morgan fingerprint density at radius 3 is 3.00 bits per heavy atom. The van der Waals surface area contributed by atoms with Gasteiger partial charge in [0.1, 0.15) is 5.75 Å². The minimum Gasteiger partial charge on any atom is -0.495 e. The van der Waals surface area contributed by atoms with Crippen LogP contribution in [0.1, 0.15) is 36.5 Å². The molecule has 0 aliphatic carbocycles. The van der Waals surface area contributed by atoms with E-state index in [1.165, 1.54) is 0 Å². The van der Waals surface area contributed by atoms with E-state index in [2.05, 4.69) is 6.92 Å². The smallest absolute Gasteiger partial charge is 0.254 e. The van der Waals surface area contributed by atoms with Crippen molar-refractivity contribution in [3.05, 3.63) is 23.8 Å². The summed E-state index contributed by atoms with van der Waals surface area (Å²) in [5.41, 5.74) is 6.93. The van der Waals surface area contributed by atoms with Crippen LogP contribution in [0.4, 0.5) is 5.69 Å². The zero-order valence-corrected chi connectivity index (χ0v) is 12.8. The number of ether oxygens (including phenoxy) is 2. The maximum absolute atomic E-state index is 12.6. The summed E-state index contributed by atoms with van der Waals surface area (Å²) in [7, 11) is 1.55. The number of nitrogens with zero attached hydrogens (tertiary/aromatic N) is 1. The van der Waals surface area contributed by atoms with Crippen LogP contribution in [0.5, 0.6) is 5.75 Å². The lowest BCUT2D eigenvalue weighted by molar-refractivity contribution is 0.00210. The van der Waals surface area contributed by atoms with Crippen LogP contribution in [-0.2, 0) is 4.74 Å². The maximum atomic E-state index is 12.6. The van der Waals surface area contributed by atoms with Gasteiger partial charge in [-0.25, -0.2) is 0 Å². The summed E-state index contributed by atoms with van der Waals surface area (Å²) in [5, 5.41) is 0. The molecular formula is C16H24N2O3. The van der Waals surface area contributed by atoms with Crippen molar-refractivity contribution < 1.29 is 14.3 Å². The zero-order valence-electron chi connectivity index (χ0n) is 12.8. The third-order valence-electron chi connectivity index (χ3n) is 3.70. The number of hydrogen-bond acceptors (Lipinski definition) is 4. The van der Waals surface area contributed by atoms with Gasteiger partial charge in [-0.15, -0.1) is 0 Å². The molecular weight excluding hydrogens is 268 g/mol. The van der Waals surface area contributed by atoms with E-state index in [1.807, 2.05) is 4.90 Å². The van der Waals surface area contributed by atoms with Crippen molar-refractivity contribution in [2.24, 2.45) is 0 Å². The first kappa shape index (κ1) is 15.6. The van der Waals surface area contributed by atoms with Crippen LogP contribution in [-0.4, -0.2) is 43.7 Å². The van der Waals surface area contributed by atoms with Crippen LogP contribution < -0.4 is 10.5 Å². The highest BCUT2D eigenvalue weighted by atomic mass is 16.5. The van der Waals surface area contributed by atoms with Crippen molar-refractivity contribution in [1.82, 2.24) is 4.90 Å². The third kappa shape index (κ3) is 3.88. The molecule has 0 aromatic heterocycles. The van der Waals surface area contributed by atoms with Gasteiger partial charge in [-0.05, 0) is 37.5 Å². The number of amides is 1. The van der Waals surface area contributed by atoms with E-state index in [-0.39, 0.29) is 12.0 Å². The van der Waals surface area contributed by atoms with Gasteiger partial charge in [0.05, 0.1) is 18.9 Å². The third-order valence-corrected chi connectivity index (χ3v) is 3.70. The zero-order chi connectivity index (χ0) is 15.2. The lowest BCUT2D eigenvalue weighted by Crippen LogP contribution is -2.43. The number of nitrogen functional groups attached to an aromatic ring is 1. The molecule has 1 unspecified atom stereocenters. The molecule has 116 valence electrons. The molecule has 1 aromatic carbocycles. The highest BCUT2D eigenvalue weighted by molar-refractivity contribution is 5.95. The fraction of sp³-hybridized carbons (Fsp3) is 0.562. The monoisotopic (exact) mass is 292 g/mol. The highest BCUT2D eigenvalue weighted by Crippen LogP contribution is 2.24. The van der Waals surface area contributed by atoms with Gasteiger partial charge < -0.3 is 20.1 Å². The number of nitrogens with two attached hydrogens (primary N) is 1. The van der Waals surface area contributed by atoms with Gasteiger partial charge in [0.15, 0.2) is 0 Å². The summed E-state index contributed by atoms with van der Waals surface area (Å²) < 4.78 is 11.0. The van der Waals surface area contributed by atoms with E-state index in [4.69, 9.17) is 15.2 Å². The Bertz CT molecular complexity index is 490. The molecule has 5 nitrogen and oxygen atoms in total. The largest absolute Gasteiger partial charge is 0.495 e. The van der Waals surface area contributed by atoms with Gasteiger partial charge in [-0.1, -0.05) is 6.92 Å². The summed E-state index contributed by atoms with van der Waals surface area (Å²) >= 11 is 0. The fourth-order valence-corrected chi connectivity index (χ4v) is 2.57. The second-order valence-electron chi connectivity index (χ2n) is 5.34. The highest BCUT2D eigenvalue weighted by Gasteiger charge is 2.25. The molecule has 1 aromatic rings. The number of likely N-dealkylation sites (tertiary alicyclic amines) is 1. The van der Waals surface area contributed by atoms with E-state index in [0.29, 0.717) is 23.5 Å². The number of piperidine rings is 1. The van der Waals surface area contributed by atoms with Crippen molar-refractivity contribution in [3.63, 3.8) is 0 Å². The second kappa shape index (κ2) is 7.31. The second-order valence-corrected chi connectivity index (χ2v) is 5.34. The van der Waals surface area contributed by atoms with Crippen LogP contribution in [0.2, 0.25) is 0 Å². The summed E-state index contributed by atoms with van der Waals surface area (Å²) in [4.78, 5) is 14.4. The molecule has 1 atom stereocenters. The molecule has 0 radical (unpaired) electrons. The normalized spacial score (nSPS) is 18.6. The first-order chi connectivity index (χ1) is 10.2. The van der Waals surface area contributed by atoms with Crippen molar-refractivity contribution >= 4 is 11.6 Å². The number of carbonyl (C=O) groups excluding carboxylic acids is 1. The first-order valence-electron chi connectivity index (χ1n) is 7.50. The summed E-state index contributed by atoms with van der Waals surface area (Å²) in [6.07, 6.45) is 3.15. The quantitative estimate of drug-likeness (QED) is 0.846. The van der Waals surface area contributed by atoms with Crippen LogP contribution >= 0.6 is 0 Å². The van der Waals surface area contributed by atoms with Gasteiger partial charge in [-0.3, -0.25) is 4.79 Å². The number of rotatable bonds is 5. The van der Waals surface area contributed by atoms with Crippen molar-refractivity contribution in [1.29, 1.82) is 0 Å². The molecule has 0 spiro atoms. The number of carbonyl (C=O) groups is 1. The summed E-state index contributed by atoms with van der Waals surface area (Å²) in [6.45, 7) is 4.28. The van der Waals surface area contributed by atoms with Gasteiger partial charge in [0.25, 0.3) is 5.91 Å². The van der Waals surface area contributed by atoms with Crippen LogP contribution in [0, 0.1) is 0 Å². The molecule has 1 aliphatic heterocycles. The Morgan fingerprint density at radius 1 is 1.48 bits per heavy atom. The number of hydrogen-bond donors (Lipinski definition) is 1. The minimum atomic E-state index is 0.0121. The number of methoxy groups -OCH3 is 1. The molecule has 1 saturated heterocycles. The average molecular weight is 292 g/mol. The lowest BCUT2D eigenvalue weighted by atomic mass is 10.1. The molecule has 0 saturated carbocycles. The molecule has 2 N–H and O–H groups in total. The van der Waals surface area contributed by atoms with Crippen molar-refractivity contribution in [2.75, 3.05) is 32.5 Å². The number of benzene rings is 1. The van der Waals surface area contributed by atoms with Gasteiger partial charge in [0, 0.05) is 25.3 Å². The van der Waals surface area contributed by atoms with E-state index in [9.17, 15) is 4.79 Å². The fourth-order valence-electron chi connectivity index (χ4n) is 2.57. The van der Waals surface area contributed by atoms with Crippen LogP contribution in [0.25, 0.3) is 0 Å². The molecule has 1 aliphatic rings. The summed E-state index contributed by atoms with van der Waals surface area (Å²) in [6, 6.07) is 5.16. The van der Waals surface area contributed by atoms with E-state index in [1.54, 1.807) is 25.3 Å². The average Bonchev–Trinajstić information content (AvgIpc) is 2.53. The predicted molar refractivity (Wildman–Crippen MR) is 82.6 cm³/mol. The van der Waals surface area contributed by atoms with Gasteiger partial charge >= 0.3 is 0 Å². The van der Waals surface area contributed by atoms with Crippen LogP contribution in [0.15, 0.2) is 18.2 Å². The molecule has 5 heteroatoms. The van der Waals surface area contributed by atoms with Crippen LogP contribution in [0.3, 0.4) is 0 Å². The molecule has 21 heavy (non-hydrogen) atoms. The number of anilines is 1.